The smallest absolute Gasteiger partial charge is 0.319 e. The van der Waals surface area contributed by atoms with E-state index in [2.05, 4.69) is 27.7 Å². The third-order valence-corrected chi connectivity index (χ3v) is 2.59. The number of carbonyl (C=O) groups is 1. The van der Waals surface area contributed by atoms with Crippen LogP contribution in [0.1, 0.15) is 66.7 Å². The highest BCUT2D eigenvalue weighted by Crippen LogP contribution is 2.36. The van der Waals surface area contributed by atoms with Crippen molar-refractivity contribution in [2.24, 2.45) is 0 Å². The predicted molar refractivity (Wildman–Crippen MR) is 68.5 cm³/mol. The molecule has 0 fully saturated rings. The van der Waals surface area contributed by atoms with E-state index in [0.29, 0.717) is 0 Å². The number of hydrogen-bond acceptors (Lipinski definition) is 2. The molecule has 0 aromatic rings. The van der Waals surface area contributed by atoms with Crippen LogP contribution in [0.5, 0.6) is 0 Å². The van der Waals surface area contributed by atoms with Crippen molar-refractivity contribution in [3.05, 3.63) is 0 Å². The molecule has 100 valence electrons. The Balaban J connectivity index is -0.000000179. The Kier molecular flexibility index (Phi) is 19.6. The van der Waals surface area contributed by atoms with Crippen LogP contribution in [0.15, 0.2) is 0 Å². The van der Waals surface area contributed by atoms with Crippen LogP contribution in [0, 0.1) is 0 Å². The normalized spacial score (nSPS) is 9.44. The number of rotatable bonds is 4. The lowest BCUT2D eigenvalue weighted by atomic mass is 10.4. The summed E-state index contributed by atoms with van der Waals surface area (Å²) in [6.45, 7) is 10.1. The van der Waals surface area contributed by atoms with Crippen LogP contribution in [-0.4, -0.2) is 15.3 Å². The molecule has 0 aliphatic carbocycles. The van der Waals surface area contributed by atoms with Crippen molar-refractivity contribution in [1.82, 2.24) is 0 Å². The van der Waals surface area contributed by atoms with E-state index in [1.165, 1.54) is 32.6 Å². The molecule has 4 nitrogen and oxygen atoms in total. The quantitative estimate of drug-likeness (QED) is 0.750. The summed E-state index contributed by atoms with van der Waals surface area (Å²) < 4.78 is 9.91. The van der Waals surface area contributed by atoms with Crippen LogP contribution in [0.3, 0.4) is 0 Å². The highest BCUT2D eigenvalue weighted by molar-refractivity contribution is 7.70. The summed E-state index contributed by atoms with van der Waals surface area (Å²) in [5, 5.41) is 0. The third-order valence-electron chi connectivity index (χ3n) is 1.63. The van der Waals surface area contributed by atoms with Gasteiger partial charge in [0.2, 0.25) is 5.52 Å². The van der Waals surface area contributed by atoms with Gasteiger partial charge in [-0.1, -0.05) is 60.3 Å². The fraction of sp³-hybridized carbons (Fsp3) is 0.909. The highest BCUT2D eigenvalue weighted by atomic mass is 31.2. The van der Waals surface area contributed by atoms with Crippen LogP contribution in [0.4, 0.5) is 0 Å². The zero-order valence-electron chi connectivity index (χ0n) is 11.2. The summed E-state index contributed by atoms with van der Waals surface area (Å²) in [7, 11) is -4.40. The molecule has 0 heterocycles. The maximum atomic E-state index is 10.1. The largest absolute Gasteiger partial charge is 0.391 e. The molecule has 0 rings (SSSR count). The van der Waals surface area contributed by atoms with Gasteiger partial charge in [-0.25, -0.2) is 0 Å². The lowest BCUT2D eigenvalue weighted by Gasteiger charge is -1.95. The van der Waals surface area contributed by atoms with Gasteiger partial charge in [0.1, 0.15) is 0 Å². The van der Waals surface area contributed by atoms with Gasteiger partial charge in [-0.2, -0.15) is 0 Å². The first-order valence-corrected chi connectivity index (χ1v) is 7.51. The van der Waals surface area contributed by atoms with E-state index in [-0.39, 0.29) is 6.42 Å². The van der Waals surface area contributed by atoms with E-state index < -0.39 is 13.1 Å². The molecule has 0 atom stereocenters. The lowest BCUT2D eigenvalue weighted by molar-refractivity contribution is -0.113. The van der Waals surface area contributed by atoms with Crippen molar-refractivity contribution >= 4 is 13.1 Å². The van der Waals surface area contributed by atoms with Gasteiger partial charge < -0.3 is 9.79 Å². The molecule has 0 bridgehead atoms. The SMILES string of the molecule is CCC(=O)P(=O)(O)O.CCCC.CCCC. The number of unbranched alkanes of at least 4 members (excludes halogenated alkanes) is 2. The third kappa shape index (κ3) is 23.6. The highest BCUT2D eigenvalue weighted by Gasteiger charge is 2.22. The van der Waals surface area contributed by atoms with Crippen LogP contribution in [0.25, 0.3) is 0 Å². The molecular formula is C11H27O4P. The van der Waals surface area contributed by atoms with Crippen LogP contribution in [0.2, 0.25) is 0 Å². The minimum absolute atomic E-state index is 0.107. The fourth-order valence-electron chi connectivity index (χ4n) is 0.206. The first-order chi connectivity index (χ1) is 7.31. The molecule has 0 aliphatic heterocycles. The molecule has 0 radical (unpaired) electrons. The first-order valence-electron chi connectivity index (χ1n) is 5.90. The Morgan fingerprint density at radius 1 is 0.875 bits per heavy atom. The molecule has 0 aromatic carbocycles. The summed E-state index contributed by atoms with van der Waals surface area (Å²) in [6, 6.07) is 0. The standard InChI is InChI=1S/2C4H10.C3H7O4P/c2*1-3-4-2;1-2-3(4)8(5,6)7/h2*3-4H2,1-2H3;2H2,1H3,(H2,5,6,7). The maximum Gasteiger partial charge on any atom is 0.391 e. The van der Waals surface area contributed by atoms with Gasteiger partial charge >= 0.3 is 7.60 Å². The Morgan fingerprint density at radius 3 is 1.12 bits per heavy atom. The van der Waals surface area contributed by atoms with Crippen molar-refractivity contribution in [3.63, 3.8) is 0 Å². The summed E-state index contributed by atoms with van der Waals surface area (Å²) in [6.07, 6.45) is 5.17. The average Bonchev–Trinajstić information content (AvgIpc) is 2.27. The molecule has 0 amide bonds. The van der Waals surface area contributed by atoms with Crippen molar-refractivity contribution in [1.29, 1.82) is 0 Å². The number of hydrogen-bond donors (Lipinski definition) is 2. The number of carbonyl (C=O) groups excluding carboxylic acids is 1. The van der Waals surface area contributed by atoms with E-state index >= 15 is 0 Å². The van der Waals surface area contributed by atoms with Gasteiger partial charge in [0.05, 0.1) is 0 Å². The zero-order chi connectivity index (χ0) is 13.6. The topological polar surface area (TPSA) is 74.6 Å². The van der Waals surface area contributed by atoms with E-state index in [1.807, 2.05) is 0 Å². The van der Waals surface area contributed by atoms with Crippen LogP contribution in [-0.2, 0) is 9.36 Å². The molecule has 0 aliphatic rings. The second-order valence-electron chi connectivity index (χ2n) is 3.29. The van der Waals surface area contributed by atoms with Gasteiger partial charge in [0.25, 0.3) is 0 Å². The second-order valence-corrected chi connectivity index (χ2v) is 4.88. The van der Waals surface area contributed by atoms with E-state index in [4.69, 9.17) is 9.79 Å². The molecular weight excluding hydrogens is 227 g/mol. The predicted octanol–water partition coefficient (Wildman–Crippen LogP) is 3.71. The van der Waals surface area contributed by atoms with Crippen LogP contribution >= 0.6 is 7.60 Å². The fourth-order valence-corrected chi connectivity index (χ4v) is 0.618. The first kappa shape index (κ1) is 21.1. The van der Waals surface area contributed by atoms with Crippen molar-refractivity contribution < 1.29 is 19.1 Å². The molecule has 0 saturated carbocycles. The molecule has 0 aromatic heterocycles. The monoisotopic (exact) mass is 254 g/mol. The lowest BCUT2D eigenvalue weighted by Crippen LogP contribution is -1.94. The average molecular weight is 254 g/mol. The van der Waals surface area contributed by atoms with Gasteiger partial charge in [0, 0.05) is 6.42 Å². The summed E-state index contributed by atoms with van der Waals surface area (Å²) in [5.41, 5.74) is -1.00. The Labute approximate surface area is 99.6 Å². The molecule has 16 heavy (non-hydrogen) atoms. The van der Waals surface area contributed by atoms with Crippen molar-refractivity contribution in [2.75, 3.05) is 0 Å². The van der Waals surface area contributed by atoms with E-state index in [0.717, 1.165) is 0 Å². The molecule has 2 N–H and O–H groups in total. The molecule has 0 spiro atoms. The minimum atomic E-state index is -4.40. The summed E-state index contributed by atoms with van der Waals surface area (Å²) in [4.78, 5) is 26.2. The second kappa shape index (κ2) is 14.8. The minimum Gasteiger partial charge on any atom is -0.319 e. The molecule has 5 heteroatoms. The van der Waals surface area contributed by atoms with E-state index in [1.54, 1.807) is 0 Å². The summed E-state index contributed by atoms with van der Waals surface area (Å²) in [5.74, 6) is 0. The van der Waals surface area contributed by atoms with Gasteiger partial charge in [-0.3, -0.25) is 9.36 Å². The van der Waals surface area contributed by atoms with Crippen molar-refractivity contribution in [2.45, 2.75) is 66.7 Å². The molecule has 0 saturated heterocycles. The Bertz CT molecular complexity index is 178. The maximum absolute atomic E-state index is 10.1. The van der Waals surface area contributed by atoms with Crippen LogP contribution < -0.4 is 0 Å². The Hall–Kier alpha value is -0.180. The van der Waals surface area contributed by atoms with Gasteiger partial charge in [-0.05, 0) is 0 Å². The van der Waals surface area contributed by atoms with E-state index in [9.17, 15) is 9.36 Å². The summed E-state index contributed by atoms with van der Waals surface area (Å²) >= 11 is 0. The van der Waals surface area contributed by atoms with Gasteiger partial charge in [-0.15, -0.1) is 0 Å². The molecule has 0 unspecified atom stereocenters. The van der Waals surface area contributed by atoms with Gasteiger partial charge in [0.15, 0.2) is 0 Å². The Morgan fingerprint density at radius 2 is 1.12 bits per heavy atom. The zero-order valence-corrected chi connectivity index (χ0v) is 12.1. The van der Waals surface area contributed by atoms with Crippen molar-refractivity contribution in [3.8, 4) is 0 Å².